The number of fused-ring (bicyclic) bond motifs is 2. The topological polar surface area (TPSA) is 83.9 Å². The summed E-state index contributed by atoms with van der Waals surface area (Å²) in [7, 11) is 0. The molecule has 1 fully saturated rings. The van der Waals surface area contributed by atoms with Crippen LogP contribution in [-0.2, 0) is 5.41 Å². The van der Waals surface area contributed by atoms with Crippen LogP contribution in [0.5, 0.6) is 0 Å². The Morgan fingerprint density at radius 1 is 1.14 bits per heavy atom. The molecule has 1 amide bonds. The number of anilines is 2. The van der Waals surface area contributed by atoms with Crippen LogP contribution in [0.2, 0.25) is 0 Å². The molecule has 2 aliphatic rings. The molecule has 8 heteroatoms. The molecule has 0 radical (unpaired) electrons. The number of carbonyl (C=O) groups excluding carboxylic acids is 1. The number of piperidine rings is 1. The van der Waals surface area contributed by atoms with Gasteiger partial charge in [-0.2, -0.15) is 4.37 Å². The molecule has 3 heterocycles. The van der Waals surface area contributed by atoms with E-state index in [4.69, 9.17) is 0 Å². The fourth-order valence-corrected chi connectivity index (χ4v) is 4.70. The number of aromatic nitrogens is 4. The molecule has 1 saturated heterocycles. The van der Waals surface area contributed by atoms with Crippen LogP contribution in [-0.4, -0.2) is 38.6 Å². The van der Waals surface area contributed by atoms with Crippen molar-refractivity contribution in [2.45, 2.75) is 25.2 Å². The highest BCUT2D eigenvalue weighted by molar-refractivity contribution is 7.09. The Labute approximate surface area is 172 Å². The van der Waals surface area contributed by atoms with E-state index in [9.17, 15) is 4.79 Å². The summed E-state index contributed by atoms with van der Waals surface area (Å²) in [6.07, 6.45) is 6.70. The highest BCUT2D eigenvalue weighted by atomic mass is 32.1. The zero-order valence-corrected chi connectivity index (χ0v) is 16.8. The van der Waals surface area contributed by atoms with Gasteiger partial charge < -0.3 is 4.90 Å². The molecule has 3 aromatic rings. The Hall–Kier alpha value is -3.13. The Morgan fingerprint density at radius 3 is 2.69 bits per heavy atom. The van der Waals surface area contributed by atoms with Gasteiger partial charge in [-0.05, 0) is 43.0 Å². The van der Waals surface area contributed by atoms with Crippen molar-refractivity contribution >= 4 is 34.5 Å². The molecule has 1 spiro atoms. The number of nitrogens with zero attached hydrogens (tertiary/aromatic N) is 5. The molecule has 0 saturated carbocycles. The van der Waals surface area contributed by atoms with Crippen molar-refractivity contribution in [2.24, 2.45) is 0 Å². The molecule has 29 heavy (non-hydrogen) atoms. The number of benzene rings is 1. The first kappa shape index (κ1) is 17.9. The Bertz CT molecular complexity index is 1080. The lowest BCUT2D eigenvalue weighted by molar-refractivity contribution is 0.102. The van der Waals surface area contributed by atoms with Crippen LogP contribution >= 0.6 is 11.5 Å². The van der Waals surface area contributed by atoms with E-state index in [1.807, 2.05) is 6.07 Å². The molecule has 0 bridgehead atoms. The van der Waals surface area contributed by atoms with Crippen molar-refractivity contribution in [2.75, 3.05) is 23.3 Å². The van der Waals surface area contributed by atoms with E-state index in [0.717, 1.165) is 43.3 Å². The van der Waals surface area contributed by atoms with Crippen molar-refractivity contribution in [3.05, 3.63) is 65.1 Å². The third kappa shape index (κ3) is 3.29. The SMILES string of the molecule is Cc1nsc(NC(=O)c2ccc(N3CCC4(C=Cc5ccccc54)CC3)nn2)n1. The third-order valence-corrected chi connectivity index (χ3v) is 6.41. The molecule has 1 N–H and O–H groups in total. The summed E-state index contributed by atoms with van der Waals surface area (Å²) in [6, 6.07) is 12.2. The third-order valence-electron chi connectivity index (χ3n) is 5.69. The van der Waals surface area contributed by atoms with E-state index < -0.39 is 0 Å². The van der Waals surface area contributed by atoms with Gasteiger partial charge in [0.25, 0.3) is 5.91 Å². The van der Waals surface area contributed by atoms with E-state index in [1.165, 1.54) is 11.1 Å². The summed E-state index contributed by atoms with van der Waals surface area (Å²) in [5, 5.41) is 11.6. The van der Waals surface area contributed by atoms with E-state index in [2.05, 4.69) is 66.2 Å². The second-order valence-corrected chi connectivity index (χ2v) is 8.19. The summed E-state index contributed by atoms with van der Waals surface area (Å²) in [6.45, 7) is 3.59. The fourth-order valence-electron chi connectivity index (χ4n) is 4.13. The summed E-state index contributed by atoms with van der Waals surface area (Å²) in [5.41, 5.74) is 3.18. The summed E-state index contributed by atoms with van der Waals surface area (Å²) in [5.74, 6) is 1.11. The molecule has 1 aromatic carbocycles. The van der Waals surface area contributed by atoms with Gasteiger partial charge in [0.05, 0.1) is 0 Å². The predicted molar refractivity (Wildman–Crippen MR) is 113 cm³/mol. The van der Waals surface area contributed by atoms with Gasteiger partial charge in [0.2, 0.25) is 5.13 Å². The van der Waals surface area contributed by atoms with Gasteiger partial charge in [-0.15, -0.1) is 10.2 Å². The minimum absolute atomic E-state index is 0.139. The number of allylic oxidation sites excluding steroid dienone is 1. The summed E-state index contributed by atoms with van der Waals surface area (Å²) in [4.78, 5) is 18.7. The van der Waals surface area contributed by atoms with Crippen LogP contribution in [0.15, 0.2) is 42.5 Å². The maximum Gasteiger partial charge on any atom is 0.277 e. The second kappa shape index (κ2) is 7.04. The average molecular weight is 404 g/mol. The lowest BCUT2D eigenvalue weighted by atomic mass is 9.74. The zero-order chi connectivity index (χ0) is 19.8. The lowest BCUT2D eigenvalue weighted by Gasteiger charge is -2.39. The largest absolute Gasteiger partial charge is 0.355 e. The van der Waals surface area contributed by atoms with E-state index in [0.29, 0.717) is 11.0 Å². The van der Waals surface area contributed by atoms with Crippen LogP contribution in [0.4, 0.5) is 10.9 Å². The quantitative estimate of drug-likeness (QED) is 0.720. The van der Waals surface area contributed by atoms with Crippen molar-refractivity contribution in [1.82, 2.24) is 19.6 Å². The first-order valence-electron chi connectivity index (χ1n) is 9.62. The van der Waals surface area contributed by atoms with Crippen molar-refractivity contribution in [1.29, 1.82) is 0 Å². The highest BCUT2D eigenvalue weighted by Gasteiger charge is 2.38. The molecule has 7 nitrogen and oxygen atoms in total. The van der Waals surface area contributed by atoms with Gasteiger partial charge in [-0.3, -0.25) is 10.1 Å². The fraction of sp³-hybridized carbons (Fsp3) is 0.286. The van der Waals surface area contributed by atoms with Gasteiger partial charge in [0, 0.05) is 30.0 Å². The molecule has 0 atom stereocenters. The van der Waals surface area contributed by atoms with Crippen molar-refractivity contribution < 1.29 is 4.79 Å². The molecule has 1 aliphatic carbocycles. The molecule has 5 rings (SSSR count). The Balaban J connectivity index is 1.25. The lowest BCUT2D eigenvalue weighted by Crippen LogP contribution is -2.41. The maximum absolute atomic E-state index is 12.3. The molecular formula is C21H20N6OS. The van der Waals surface area contributed by atoms with Crippen LogP contribution in [0.1, 0.15) is 40.3 Å². The van der Waals surface area contributed by atoms with Crippen LogP contribution < -0.4 is 10.2 Å². The van der Waals surface area contributed by atoms with E-state index >= 15 is 0 Å². The number of hydrogen-bond donors (Lipinski definition) is 1. The number of carbonyl (C=O) groups is 1. The van der Waals surface area contributed by atoms with Gasteiger partial charge in [-0.1, -0.05) is 36.4 Å². The van der Waals surface area contributed by atoms with Crippen LogP contribution in [0.3, 0.4) is 0 Å². The number of amides is 1. The van der Waals surface area contributed by atoms with Gasteiger partial charge >= 0.3 is 0 Å². The van der Waals surface area contributed by atoms with Crippen LogP contribution in [0.25, 0.3) is 6.08 Å². The van der Waals surface area contributed by atoms with E-state index in [-0.39, 0.29) is 17.0 Å². The summed E-state index contributed by atoms with van der Waals surface area (Å²) < 4.78 is 4.05. The predicted octanol–water partition coefficient (Wildman–Crippen LogP) is 3.45. The molecular weight excluding hydrogens is 384 g/mol. The highest BCUT2D eigenvalue weighted by Crippen LogP contribution is 2.44. The van der Waals surface area contributed by atoms with Gasteiger partial charge in [0.1, 0.15) is 5.82 Å². The molecule has 146 valence electrons. The number of aryl methyl sites for hydroxylation is 1. The Kier molecular flexibility index (Phi) is 4.35. The minimum atomic E-state index is -0.328. The minimum Gasteiger partial charge on any atom is -0.355 e. The monoisotopic (exact) mass is 404 g/mol. The normalized spacial score (nSPS) is 16.8. The summed E-state index contributed by atoms with van der Waals surface area (Å²) >= 11 is 1.15. The first-order valence-corrected chi connectivity index (χ1v) is 10.4. The first-order chi connectivity index (χ1) is 14.1. The zero-order valence-electron chi connectivity index (χ0n) is 16.0. The number of nitrogens with one attached hydrogen (secondary N) is 1. The standard InChI is InChI=1S/C21H20N6OS/c1-14-22-20(29-26-14)23-19(28)17-6-7-18(25-24-17)27-12-10-21(11-13-27)9-8-15-4-2-3-5-16(15)21/h2-9H,10-13H2,1H3,(H,22,23,26,28). The van der Waals surface area contributed by atoms with Crippen molar-refractivity contribution in [3.63, 3.8) is 0 Å². The average Bonchev–Trinajstić information content (AvgIpc) is 3.33. The van der Waals surface area contributed by atoms with Gasteiger partial charge in [-0.25, -0.2) is 4.98 Å². The van der Waals surface area contributed by atoms with E-state index in [1.54, 1.807) is 13.0 Å². The van der Waals surface area contributed by atoms with Crippen LogP contribution in [0, 0.1) is 6.92 Å². The Morgan fingerprint density at radius 2 is 1.97 bits per heavy atom. The molecule has 2 aromatic heterocycles. The number of hydrogen-bond acceptors (Lipinski definition) is 7. The van der Waals surface area contributed by atoms with Gasteiger partial charge in [0.15, 0.2) is 11.5 Å². The molecule has 0 unspecified atom stereocenters. The second-order valence-electron chi connectivity index (χ2n) is 7.44. The van der Waals surface area contributed by atoms with Crippen molar-refractivity contribution in [3.8, 4) is 0 Å². The molecule has 1 aliphatic heterocycles. The number of rotatable bonds is 3. The smallest absolute Gasteiger partial charge is 0.277 e. The maximum atomic E-state index is 12.3.